The van der Waals surface area contributed by atoms with E-state index in [0.717, 1.165) is 11.8 Å². The maximum atomic E-state index is 14.1. The summed E-state index contributed by atoms with van der Waals surface area (Å²) in [5, 5.41) is 9.57. The Morgan fingerprint density at radius 3 is 2.47 bits per heavy atom. The SMILES string of the molecule is O=C(O)c1cccc(N=C2S/C(=C\c3ccccc3F)C(=O)N2c2ccccc2)c1. The molecule has 1 fully saturated rings. The first-order valence-corrected chi connectivity index (χ1v) is 9.80. The molecule has 7 heteroatoms. The molecule has 1 aliphatic rings. The summed E-state index contributed by atoms with van der Waals surface area (Å²) >= 11 is 1.11. The number of aromatic carboxylic acids is 1. The number of halogens is 1. The third kappa shape index (κ3) is 4.01. The van der Waals surface area contributed by atoms with E-state index in [-0.39, 0.29) is 11.5 Å². The summed E-state index contributed by atoms with van der Waals surface area (Å²) in [5.74, 6) is -1.82. The monoisotopic (exact) mass is 418 g/mol. The zero-order valence-corrected chi connectivity index (χ0v) is 16.3. The standard InChI is InChI=1S/C23H15FN2O3S/c24-19-12-5-4-7-15(19)14-20-21(27)26(18-10-2-1-3-11-18)23(30-20)25-17-9-6-8-16(13-17)22(28)29/h1-14H,(H,28,29)/b20-14-,25-23?. The molecule has 1 amide bonds. The minimum absolute atomic E-state index is 0.0968. The van der Waals surface area contributed by atoms with E-state index in [4.69, 9.17) is 0 Å². The van der Waals surface area contributed by atoms with Gasteiger partial charge in [-0.2, -0.15) is 0 Å². The van der Waals surface area contributed by atoms with Crippen molar-refractivity contribution in [2.75, 3.05) is 4.90 Å². The molecule has 0 atom stereocenters. The number of carbonyl (C=O) groups is 2. The van der Waals surface area contributed by atoms with Crippen LogP contribution in [-0.4, -0.2) is 22.2 Å². The van der Waals surface area contributed by atoms with Gasteiger partial charge in [0.2, 0.25) is 0 Å². The van der Waals surface area contributed by atoms with Crippen LogP contribution in [0.15, 0.2) is 88.8 Å². The number of thioether (sulfide) groups is 1. The normalized spacial score (nSPS) is 16.4. The highest BCUT2D eigenvalue weighted by Crippen LogP contribution is 2.37. The van der Waals surface area contributed by atoms with Gasteiger partial charge in [-0.25, -0.2) is 14.2 Å². The maximum Gasteiger partial charge on any atom is 0.335 e. The number of amides is 1. The van der Waals surface area contributed by atoms with Crippen molar-refractivity contribution in [3.8, 4) is 0 Å². The quantitative estimate of drug-likeness (QED) is 0.581. The number of para-hydroxylation sites is 1. The van der Waals surface area contributed by atoms with Crippen LogP contribution in [0.25, 0.3) is 6.08 Å². The number of rotatable bonds is 4. The fourth-order valence-corrected chi connectivity index (χ4v) is 3.90. The molecule has 0 aliphatic carbocycles. The highest BCUT2D eigenvalue weighted by atomic mass is 32.2. The first-order chi connectivity index (χ1) is 14.5. The predicted molar refractivity (Wildman–Crippen MR) is 116 cm³/mol. The molecule has 5 nitrogen and oxygen atoms in total. The Bertz CT molecular complexity index is 1190. The van der Waals surface area contributed by atoms with E-state index in [1.807, 2.05) is 6.07 Å². The molecule has 1 heterocycles. The van der Waals surface area contributed by atoms with Gasteiger partial charge in [0.05, 0.1) is 21.8 Å². The Morgan fingerprint density at radius 2 is 1.73 bits per heavy atom. The van der Waals surface area contributed by atoms with Crippen LogP contribution in [0.5, 0.6) is 0 Å². The van der Waals surface area contributed by atoms with Gasteiger partial charge in [0, 0.05) is 5.56 Å². The molecular weight excluding hydrogens is 403 g/mol. The summed E-state index contributed by atoms with van der Waals surface area (Å²) in [7, 11) is 0. The molecular formula is C23H15FN2O3S. The van der Waals surface area contributed by atoms with Gasteiger partial charge in [-0.3, -0.25) is 9.69 Å². The third-order valence-electron chi connectivity index (χ3n) is 4.33. The van der Waals surface area contributed by atoms with E-state index >= 15 is 0 Å². The Balaban J connectivity index is 1.79. The van der Waals surface area contributed by atoms with E-state index < -0.39 is 11.8 Å². The number of hydrogen-bond donors (Lipinski definition) is 1. The fraction of sp³-hybridized carbons (Fsp3) is 0. The second-order valence-electron chi connectivity index (χ2n) is 6.36. The van der Waals surface area contributed by atoms with Crippen molar-refractivity contribution in [1.82, 2.24) is 0 Å². The van der Waals surface area contributed by atoms with E-state index in [1.54, 1.807) is 54.6 Å². The van der Waals surface area contributed by atoms with Crippen molar-refractivity contribution in [2.24, 2.45) is 4.99 Å². The van der Waals surface area contributed by atoms with E-state index in [9.17, 15) is 19.1 Å². The molecule has 30 heavy (non-hydrogen) atoms. The second-order valence-corrected chi connectivity index (χ2v) is 7.37. The number of anilines is 1. The maximum absolute atomic E-state index is 14.1. The Hall–Kier alpha value is -3.71. The summed E-state index contributed by atoms with van der Waals surface area (Å²) in [5.41, 5.74) is 1.41. The van der Waals surface area contributed by atoms with E-state index in [1.165, 1.54) is 29.2 Å². The van der Waals surface area contributed by atoms with E-state index in [0.29, 0.717) is 27.0 Å². The molecule has 0 bridgehead atoms. The van der Waals surface area contributed by atoms with Crippen LogP contribution in [0, 0.1) is 5.82 Å². The molecule has 3 aromatic rings. The lowest BCUT2D eigenvalue weighted by Gasteiger charge is -2.15. The van der Waals surface area contributed by atoms with Gasteiger partial charge in [-0.05, 0) is 54.2 Å². The van der Waals surface area contributed by atoms with Gasteiger partial charge in [-0.1, -0.05) is 42.5 Å². The summed E-state index contributed by atoms with van der Waals surface area (Å²) < 4.78 is 14.1. The van der Waals surface area contributed by atoms with Gasteiger partial charge >= 0.3 is 5.97 Å². The van der Waals surface area contributed by atoms with Crippen LogP contribution in [0.3, 0.4) is 0 Å². The number of carbonyl (C=O) groups excluding carboxylic acids is 1. The Labute approximate surface area is 176 Å². The number of benzene rings is 3. The molecule has 3 aromatic carbocycles. The number of amidine groups is 1. The summed E-state index contributed by atoms with van der Waals surface area (Å²) in [4.78, 5) is 30.7. The summed E-state index contributed by atoms with van der Waals surface area (Å²) in [6.07, 6.45) is 1.49. The van der Waals surface area contributed by atoms with Crippen molar-refractivity contribution in [3.63, 3.8) is 0 Å². The minimum Gasteiger partial charge on any atom is -0.478 e. The predicted octanol–water partition coefficient (Wildman–Crippen LogP) is 5.33. The minimum atomic E-state index is -1.06. The molecule has 4 rings (SSSR count). The Morgan fingerprint density at radius 1 is 1.00 bits per heavy atom. The van der Waals surface area contributed by atoms with Crippen molar-refractivity contribution in [3.05, 3.63) is 101 Å². The molecule has 0 saturated carbocycles. The third-order valence-corrected chi connectivity index (χ3v) is 5.30. The molecule has 148 valence electrons. The van der Waals surface area contributed by atoms with Crippen LogP contribution in [0.2, 0.25) is 0 Å². The van der Waals surface area contributed by atoms with Crippen molar-refractivity contribution >= 4 is 46.3 Å². The zero-order valence-electron chi connectivity index (χ0n) is 15.5. The van der Waals surface area contributed by atoms with Gasteiger partial charge in [0.1, 0.15) is 5.82 Å². The van der Waals surface area contributed by atoms with Crippen LogP contribution in [-0.2, 0) is 4.79 Å². The molecule has 0 unspecified atom stereocenters. The van der Waals surface area contributed by atoms with Crippen LogP contribution < -0.4 is 4.90 Å². The van der Waals surface area contributed by atoms with Gasteiger partial charge in [0.25, 0.3) is 5.91 Å². The molecule has 1 saturated heterocycles. The lowest BCUT2D eigenvalue weighted by atomic mass is 10.2. The van der Waals surface area contributed by atoms with Crippen LogP contribution >= 0.6 is 11.8 Å². The topological polar surface area (TPSA) is 70.0 Å². The van der Waals surface area contributed by atoms with Crippen LogP contribution in [0.1, 0.15) is 15.9 Å². The number of hydrogen-bond acceptors (Lipinski definition) is 4. The summed E-state index contributed by atoms with van der Waals surface area (Å²) in [6, 6.07) is 21.3. The van der Waals surface area contributed by atoms with Crippen LogP contribution in [0.4, 0.5) is 15.8 Å². The van der Waals surface area contributed by atoms with Crippen molar-refractivity contribution < 1.29 is 19.1 Å². The summed E-state index contributed by atoms with van der Waals surface area (Å²) in [6.45, 7) is 0. The molecule has 0 radical (unpaired) electrons. The lowest BCUT2D eigenvalue weighted by Crippen LogP contribution is -2.28. The first kappa shape index (κ1) is 19.6. The van der Waals surface area contributed by atoms with Gasteiger partial charge in [0.15, 0.2) is 5.17 Å². The highest BCUT2D eigenvalue weighted by molar-refractivity contribution is 8.19. The number of carboxylic acid groups (broad SMARTS) is 1. The Kier molecular flexibility index (Phi) is 5.45. The number of nitrogens with zero attached hydrogens (tertiary/aromatic N) is 2. The fourth-order valence-electron chi connectivity index (χ4n) is 2.91. The highest BCUT2D eigenvalue weighted by Gasteiger charge is 2.34. The smallest absolute Gasteiger partial charge is 0.335 e. The second kappa shape index (κ2) is 8.34. The van der Waals surface area contributed by atoms with E-state index in [2.05, 4.69) is 4.99 Å². The number of aliphatic imine (C=N–C) groups is 1. The first-order valence-electron chi connectivity index (χ1n) is 8.98. The average molecular weight is 418 g/mol. The van der Waals surface area contributed by atoms with Crippen molar-refractivity contribution in [2.45, 2.75) is 0 Å². The van der Waals surface area contributed by atoms with Gasteiger partial charge in [-0.15, -0.1) is 0 Å². The van der Waals surface area contributed by atoms with Crippen molar-refractivity contribution in [1.29, 1.82) is 0 Å². The van der Waals surface area contributed by atoms with Gasteiger partial charge < -0.3 is 5.11 Å². The largest absolute Gasteiger partial charge is 0.478 e. The molecule has 1 aliphatic heterocycles. The molecule has 1 N–H and O–H groups in total. The average Bonchev–Trinajstić information content (AvgIpc) is 3.05. The lowest BCUT2D eigenvalue weighted by molar-refractivity contribution is -0.113. The number of carboxylic acids is 1. The zero-order chi connectivity index (χ0) is 21.1. The molecule has 0 spiro atoms. The molecule has 0 aromatic heterocycles.